The highest BCUT2D eigenvalue weighted by molar-refractivity contribution is 9.10. The summed E-state index contributed by atoms with van der Waals surface area (Å²) in [6, 6.07) is 4.00. The van der Waals surface area contributed by atoms with E-state index >= 15 is 0 Å². The number of aliphatic carboxylic acids is 1. The van der Waals surface area contributed by atoms with Crippen LogP contribution < -0.4 is 10.6 Å². The van der Waals surface area contributed by atoms with Crippen LogP contribution in [0.15, 0.2) is 22.7 Å². The summed E-state index contributed by atoms with van der Waals surface area (Å²) in [5.41, 5.74) is 1.54. The summed E-state index contributed by atoms with van der Waals surface area (Å²) in [4.78, 5) is 22.8. The Bertz CT molecular complexity index is 489. The number of hydrogen-bond acceptors (Lipinski definition) is 2. The van der Waals surface area contributed by atoms with Gasteiger partial charge in [-0.15, -0.1) is 0 Å². The normalized spacial score (nSPS) is 12.1. The first-order valence-electron chi connectivity index (χ1n) is 5.87. The predicted molar refractivity (Wildman–Crippen MR) is 77.3 cm³/mol. The lowest BCUT2D eigenvalue weighted by atomic mass is 10.1. The molecule has 2 amide bonds. The van der Waals surface area contributed by atoms with Gasteiger partial charge in [-0.1, -0.05) is 29.8 Å². The molecule has 0 radical (unpaired) electrons. The summed E-state index contributed by atoms with van der Waals surface area (Å²) in [5.74, 6) is -1.23. The minimum absolute atomic E-state index is 0.186. The summed E-state index contributed by atoms with van der Waals surface area (Å²) in [6.07, 6.45) is 0. The van der Waals surface area contributed by atoms with Gasteiger partial charge in [0.15, 0.2) is 0 Å². The van der Waals surface area contributed by atoms with Crippen molar-refractivity contribution < 1.29 is 14.7 Å². The summed E-state index contributed by atoms with van der Waals surface area (Å²) in [7, 11) is 0. The minimum atomic E-state index is -1.04. The van der Waals surface area contributed by atoms with E-state index in [-0.39, 0.29) is 5.92 Å². The molecule has 1 aromatic rings. The van der Waals surface area contributed by atoms with Crippen molar-refractivity contribution in [3.63, 3.8) is 0 Å². The Morgan fingerprint density at radius 1 is 1.32 bits per heavy atom. The SMILES string of the molecule is Cc1cc(Br)ccc1NC(=O)N[C@H](C(=O)O)C(C)C. The Morgan fingerprint density at radius 3 is 2.42 bits per heavy atom. The van der Waals surface area contributed by atoms with Crippen molar-refractivity contribution in [1.82, 2.24) is 5.32 Å². The molecule has 0 heterocycles. The highest BCUT2D eigenvalue weighted by Crippen LogP contribution is 2.19. The monoisotopic (exact) mass is 328 g/mol. The summed E-state index contributed by atoms with van der Waals surface area (Å²) in [6.45, 7) is 5.34. The van der Waals surface area contributed by atoms with Crippen LogP contribution in [0, 0.1) is 12.8 Å². The number of benzene rings is 1. The van der Waals surface area contributed by atoms with E-state index in [9.17, 15) is 9.59 Å². The maximum atomic E-state index is 11.8. The fraction of sp³-hybridized carbons (Fsp3) is 0.385. The molecule has 1 atom stereocenters. The molecule has 19 heavy (non-hydrogen) atoms. The van der Waals surface area contributed by atoms with Crippen molar-refractivity contribution in [2.45, 2.75) is 26.8 Å². The molecule has 0 aliphatic rings. The van der Waals surface area contributed by atoms with Crippen molar-refractivity contribution in [3.05, 3.63) is 28.2 Å². The summed E-state index contributed by atoms with van der Waals surface area (Å²) < 4.78 is 0.918. The van der Waals surface area contributed by atoms with Gasteiger partial charge in [0, 0.05) is 10.2 Å². The van der Waals surface area contributed by atoms with Gasteiger partial charge in [-0.25, -0.2) is 9.59 Å². The molecule has 0 aromatic heterocycles. The Labute approximate surface area is 120 Å². The van der Waals surface area contributed by atoms with Crippen LogP contribution in [0.4, 0.5) is 10.5 Å². The van der Waals surface area contributed by atoms with Crippen molar-refractivity contribution in [1.29, 1.82) is 0 Å². The maximum Gasteiger partial charge on any atom is 0.326 e. The topological polar surface area (TPSA) is 78.4 Å². The van der Waals surface area contributed by atoms with Gasteiger partial charge in [-0.05, 0) is 36.6 Å². The van der Waals surface area contributed by atoms with E-state index in [0.717, 1.165) is 10.0 Å². The largest absolute Gasteiger partial charge is 0.480 e. The van der Waals surface area contributed by atoms with E-state index in [1.54, 1.807) is 26.0 Å². The molecule has 0 aliphatic carbocycles. The van der Waals surface area contributed by atoms with Crippen molar-refractivity contribution >= 4 is 33.6 Å². The number of hydrogen-bond donors (Lipinski definition) is 3. The molecule has 0 saturated heterocycles. The average molecular weight is 329 g/mol. The standard InChI is InChI=1S/C13H17BrN2O3/c1-7(2)11(12(17)18)16-13(19)15-10-5-4-9(14)6-8(10)3/h4-7,11H,1-3H3,(H,17,18)(H2,15,16,19)/t11-/m0/s1. The second-order valence-corrected chi connectivity index (χ2v) is 5.53. The number of carboxylic acid groups (broad SMARTS) is 1. The number of amides is 2. The van der Waals surface area contributed by atoms with E-state index in [1.165, 1.54) is 0 Å². The number of carboxylic acids is 1. The average Bonchev–Trinajstić information content (AvgIpc) is 2.29. The third kappa shape index (κ3) is 4.55. The van der Waals surface area contributed by atoms with Gasteiger partial charge in [0.05, 0.1) is 0 Å². The van der Waals surface area contributed by atoms with Gasteiger partial charge >= 0.3 is 12.0 Å². The number of carbonyl (C=O) groups excluding carboxylic acids is 1. The van der Waals surface area contributed by atoms with Gasteiger partial charge in [0.1, 0.15) is 6.04 Å². The third-order valence-corrected chi connectivity index (χ3v) is 3.15. The Morgan fingerprint density at radius 2 is 1.95 bits per heavy atom. The molecule has 104 valence electrons. The van der Waals surface area contributed by atoms with Crippen LogP contribution in [-0.2, 0) is 4.79 Å². The first kappa shape index (κ1) is 15.5. The number of anilines is 1. The van der Waals surface area contributed by atoms with Crippen molar-refractivity contribution in [2.24, 2.45) is 5.92 Å². The first-order chi connectivity index (χ1) is 8.81. The van der Waals surface area contributed by atoms with Crippen LogP contribution in [0.3, 0.4) is 0 Å². The van der Waals surface area contributed by atoms with Crippen LogP contribution in [0.1, 0.15) is 19.4 Å². The Kier molecular flexibility index (Phi) is 5.35. The van der Waals surface area contributed by atoms with Crippen LogP contribution in [-0.4, -0.2) is 23.1 Å². The molecule has 6 heteroatoms. The second-order valence-electron chi connectivity index (χ2n) is 4.62. The lowest BCUT2D eigenvalue weighted by Gasteiger charge is -2.18. The van der Waals surface area contributed by atoms with Gasteiger partial charge in [0.25, 0.3) is 0 Å². The fourth-order valence-electron chi connectivity index (χ4n) is 1.58. The van der Waals surface area contributed by atoms with E-state index < -0.39 is 18.0 Å². The Balaban J connectivity index is 2.72. The van der Waals surface area contributed by atoms with Crippen molar-refractivity contribution in [3.8, 4) is 0 Å². The summed E-state index contributed by atoms with van der Waals surface area (Å²) >= 11 is 3.33. The molecule has 0 bridgehead atoms. The molecule has 1 rings (SSSR count). The fourth-order valence-corrected chi connectivity index (χ4v) is 2.06. The molecule has 3 N–H and O–H groups in total. The lowest BCUT2D eigenvalue weighted by Crippen LogP contribution is -2.46. The number of carbonyl (C=O) groups is 2. The second kappa shape index (κ2) is 6.56. The van der Waals surface area contributed by atoms with E-state index in [0.29, 0.717) is 5.69 Å². The number of urea groups is 1. The van der Waals surface area contributed by atoms with Gasteiger partial charge in [0.2, 0.25) is 0 Å². The molecule has 0 unspecified atom stereocenters. The molecule has 0 fully saturated rings. The highest BCUT2D eigenvalue weighted by Gasteiger charge is 2.23. The minimum Gasteiger partial charge on any atom is -0.480 e. The summed E-state index contributed by atoms with van der Waals surface area (Å²) in [5, 5.41) is 14.1. The van der Waals surface area contributed by atoms with E-state index in [1.807, 2.05) is 13.0 Å². The van der Waals surface area contributed by atoms with Gasteiger partial charge < -0.3 is 15.7 Å². The van der Waals surface area contributed by atoms with E-state index in [2.05, 4.69) is 26.6 Å². The van der Waals surface area contributed by atoms with Gasteiger partial charge in [-0.3, -0.25) is 0 Å². The van der Waals surface area contributed by atoms with Crippen LogP contribution in [0.25, 0.3) is 0 Å². The van der Waals surface area contributed by atoms with Crippen LogP contribution in [0.2, 0.25) is 0 Å². The molecule has 0 aliphatic heterocycles. The molecular weight excluding hydrogens is 312 g/mol. The zero-order valence-electron chi connectivity index (χ0n) is 11.0. The highest BCUT2D eigenvalue weighted by atomic mass is 79.9. The first-order valence-corrected chi connectivity index (χ1v) is 6.67. The number of nitrogens with one attached hydrogen (secondary N) is 2. The lowest BCUT2D eigenvalue weighted by molar-refractivity contribution is -0.140. The van der Waals surface area contributed by atoms with E-state index in [4.69, 9.17) is 5.11 Å². The van der Waals surface area contributed by atoms with Gasteiger partial charge in [-0.2, -0.15) is 0 Å². The number of aryl methyl sites for hydroxylation is 1. The molecule has 0 saturated carbocycles. The molecule has 1 aromatic carbocycles. The zero-order valence-corrected chi connectivity index (χ0v) is 12.6. The zero-order chi connectivity index (χ0) is 14.6. The molecule has 0 spiro atoms. The van der Waals surface area contributed by atoms with Crippen LogP contribution in [0.5, 0.6) is 0 Å². The Hall–Kier alpha value is -1.56. The smallest absolute Gasteiger partial charge is 0.326 e. The van der Waals surface area contributed by atoms with Crippen LogP contribution >= 0.6 is 15.9 Å². The third-order valence-electron chi connectivity index (χ3n) is 2.66. The van der Waals surface area contributed by atoms with Crippen molar-refractivity contribution in [2.75, 3.05) is 5.32 Å². The maximum absolute atomic E-state index is 11.8. The predicted octanol–water partition coefficient (Wildman–Crippen LogP) is 2.99. The molecular formula is C13H17BrN2O3. The molecule has 5 nitrogen and oxygen atoms in total. The number of halogens is 1. The number of rotatable bonds is 4. The quantitative estimate of drug-likeness (QED) is 0.795.